The summed E-state index contributed by atoms with van der Waals surface area (Å²) in [6, 6.07) is 16.0. The SMILES string of the molecule is Oc1ccc(NCc2ccc(N3CCCCC3)cc2)cc1. The molecule has 1 saturated heterocycles. The van der Waals surface area contributed by atoms with Gasteiger partial charge in [0.05, 0.1) is 0 Å². The number of phenols is 1. The van der Waals surface area contributed by atoms with Crippen LogP contribution in [0.1, 0.15) is 24.8 Å². The van der Waals surface area contributed by atoms with Crippen molar-refractivity contribution in [1.29, 1.82) is 0 Å². The van der Waals surface area contributed by atoms with Crippen LogP contribution in [-0.4, -0.2) is 18.2 Å². The van der Waals surface area contributed by atoms with Gasteiger partial charge in [-0.2, -0.15) is 0 Å². The largest absolute Gasteiger partial charge is 0.508 e. The molecule has 3 rings (SSSR count). The Bertz CT molecular complexity index is 557. The maximum Gasteiger partial charge on any atom is 0.115 e. The summed E-state index contributed by atoms with van der Waals surface area (Å²) in [6.45, 7) is 3.17. The highest BCUT2D eigenvalue weighted by Gasteiger charge is 2.10. The lowest BCUT2D eigenvalue weighted by molar-refractivity contribution is 0.475. The summed E-state index contributed by atoms with van der Waals surface area (Å²) in [7, 11) is 0. The van der Waals surface area contributed by atoms with Crippen molar-refractivity contribution in [2.24, 2.45) is 0 Å². The molecule has 1 aliphatic heterocycles. The molecule has 1 heterocycles. The third kappa shape index (κ3) is 3.69. The Kier molecular flexibility index (Phi) is 4.29. The van der Waals surface area contributed by atoms with E-state index in [2.05, 4.69) is 34.5 Å². The van der Waals surface area contributed by atoms with Crippen LogP contribution in [0.3, 0.4) is 0 Å². The number of phenolic OH excluding ortho intramolecular Hbond substituents is 1. The molecule has 0 aromatic heterocycles. The third-order valence-corrected chi connectivity index (χ3v) is 4.02. The van der Waals surface area contributed by atoms with Gasteiger partial charge in [-0.3, -0.25) is 0 Å². The number of hydrogen-bond acceptors (Lipinski definition) is 3. The van der Waals surface area contributed by atoms with Crippen molar-refractivity contribution in [2.75, 3.05) is 23.3 Å². The van der Waals surface area contributed by atoms with Crippen LogP contribution in [0.25, 0.3) is 0 Å². The molecule has 2 aromatic carbocycles. The molecule has 0 aliphatic carbocycles. The summed E-state index contributed by atoms with van der Waals surface area (Å²) in [6.07, 6.45) is 3.99. The molecule has 3 nitrogen and oxygen atoms in total. The second-order valence-corrected chi connectivity index (χ2v) is 5.61. The van der Waals surface area contributed by atoms with Crippen molar-refractivity contribution >= 4 is 11.4 Å². The van der Waals surface area contributed by atoms with Gasteiger partial charge < -0.3 is 15.3 Å². The summed E-state index contributed by atoms with van der Waals surface area (Å²) >= 11 is 0. The summed E-state index contributed by atoms with van der Waals surface area (Å²) < 4.78 is 0. The lowest BCUT2D eigenvalue weighted by atomic mass is 10.1. The average Bonchev–Trinajstić information content (AvgIpc) is 2.56. The standard InChI is InChI=1S/C18H22N2O/c21-18-10-6-16(7-11-18)19-14-15-4-8-17(9-5-15)20-12-2-1-3-13-20/h4-11,19,21H,1-3,12-14H2. The Morgan fingerprint density at radius 2 is 1.52 bits per heavy atom. The van der Waals surface area contributed by atoms with Crippen LogP contribution in [0.5, 0.6) is 5.75 Å². The molecule has 0 atom stereocenters. The van der Waals surface area contributed by atoms with Crippen molar-refractivity contribution in [3.8, 4) is 5.75 Å². The molecule has 2 aromatic rings. The van der Waals surface area contributed by atoms with Crippen molar-refractivity contribution in [3.63, 3.8) is 0 Å². The second-order valence-electron chi connectivity index (χ2n) is 5.61. The first kappa shape index (κ1) is 13.8. The molecule has 1 fully saturated rings. The molecule has 0 radical (unpaired) electrons. The Morgan fingerprint density at radius 3 is 2.19 bits per heavy atom. The average molecular weight is 282 g/mol. The highest BCUT2D eigenvalue weighted by molar-refractivity contribution is 5.50. The Balaban J connectivity index is 1.57. The predicted octanol–water partition coefficient (Wildman–Crippen LogP) is 3.99. The molecule has 0 saturated carbocycles. The number of rotatable bonds is 4. The normalized spacial score (nSPS) is 15.0. The van der Waals surface area contributed by atoms with Crippen LogP contribution in [-0.2, 0) is 6.54 Å². The lowest BCUT2D eigenvalue weighted by Crippen LogP contribution is -2.29. The molecule has 3 heteroatoms. The van der Waals surface area contributed by atoms with Gasteiger partial charge in [-0.25, -0.2) is 0 Å². The first-order chi connectivity index (χ1) is 10.3. The fourth-order valence-electron chi connectivity index (χ4n) is 2.76. The molecule has 21 heavy (non-hydrogen) atoms. The highest BCUT2D eigenvalue weighted by atomic mass is 16.3. The molecule has 1 aliphatic rings. The maximum atomic E-state index is 9.26. The van der Waals surface area contributed by atoms with Gasteiger partial charge in [-0.05, 0) is 61.2 Å². The van der Waals surface area contributed by atoms with E-state index in [0.29, 0.717) is 5.75 Å². The van der Waals surface area contributed by atoms with Gasteiger partial charge in [-0.15, -0.1) is 0 Å². The number of hydrogen-bond donors (Lipinski definition) is 2. The van der Waals surface area contributed by atoms with Gasteiger partial charge in [0, 0.05) is 31.0 Å². The van der Waals surface area contributed by atoms with E-state index < -0.39 is 0 Å². The van der Waals surface area contributed by atoms with Gasteiger partial charge in [0.2, 0.25) is 0 Å². The Hall–Kier alpha value is -2.16. The highest BCUT2D eigenvalue weighted by Crippen LogP contribution is 2.21. The molecule has 0 spiro atoms. The minimum atomic E-state index is 0.298. The van der Waals surface area contributed by atoms with Crippen LogP contribution >= 0.6 is 0 Å². The Morgan fingerprint density at radius 1 is 0.857 bits per heavy atom. The van der Waals surface area contributed by atoms with E-state index in [9.17, 15) is 5.11 Å². The first-order valence-electron chi connectivity index (χ1n) is 7.68. The molecule has 2 N–H and O–H groups in total. The van der Waals surface area contributed by atoms with Crippen molar-refractivity contribution in [3.05, 3.63) is 54.1 Å². The number of anilines is 2. The minimum Gasteiger partial charge on any atom is -0.508 e. The zero-order valence-corrected chi connectivity index (χ0v) is 12.3. The van der Waals surface area contributed by atoms with E-state index in [0.717, 1.165) is 12.2 Å². The van der Waals surface area contributed by atoms with Crippen molar-refractivity contribution < 1.29 is 5.11 Å². The monoisotopic (exact) mass is 282 g/mol. The van der Waals surface area contributed by atoms with Gasteiger partial charge in [0.15, 0.2) is 0 Å². The molecule has 0 amide bonds. The molecule has 0 unspecified atom stereocenters. The van der Waals surface area contributed by atoms with Gasteiger partial charge in [-0.1, -0.05) is 12.1 Å². The van der Waals surface area contributed by atoms with Crippen LogP contribution in [0.2, 0.25) is 0 Å². The van der Waals surface area contributed by atoms with E-state index >= 15 is 0 Å². The quantitative estimate of drug-likeness (QED) is 0.832. The fourth-order valence-corrected chi connectivity index (χ4v) is 2.76. The number of nitrogens with one attached hydrogen (secondary N) is 1. The van der Waals surface area contributed by atoms with Crippen LogP contribution in [0, 0.1) is 0 Å². The number of benzene rings is 2. The van der Waals surface area contributed by atoms with Crippen LogP contribution in [0.15, 0.2) is 48.5 Å². The zero-order valence-electron chi connectivity index (χ0n) is 12.3. The lowest BCUT2D eigenvalue weighted by Gasteiger charge is -2.28. The number of aromatic hydroxyl groups is 1. The third-order valence-electron chi connectivity index (χ3n) is 4.02. The van der Waals surface area contributed by atoms with Crippen LogP contribution in [0.4, 0.5) is 11.4 Å². The van der Waals surface area contributed by atoms with Crippen molar-refractivity contribution in [1.82, 2.24) is 0 Å². The smallest absolute Gasteiger partial charge is 0.115 e. The number of nitrogens with zero attached hydrogens (tertiary/aromatic N) is 1. The molecule has 0 bridgehead atoms. The molecule has 110 valence electrons. The summed E-state index contributed by atoms with van der Waals surface area (Å²) in [4.78, 5) is 2.47. The van der Waals surface area contributed by atoms with E-state index in [1.807, 2.05) is 12.1 Å². The second kappa shape index (κ2) is 6.53. The topological polar surface area (TPSA) is 35.5 Å². The zero-order chi connectivity index (χ0) is 14.5. The summed E-state index contributed by atoms with van der Waals surface area (Å²) in [5, 5.41) is 12.6. The van der Waals surface area contributed by atoms with E-state index in [1.54, 1.807) is 12.1 Å². The van der Waals surface area contributed by atoms with Gasteiger partial charge in [0.25, 0.3) is 0 Å². The van der Waals surface area contributed by atoms with E-state index in [1.165, 1.54) is 43.6 Å². The van der Waals surface area contributed by atoms with Gasteiger partial charge in [0.1, 0.15) is 5.75 Å². The molecular formula is C18H22N2O. The summed E-state index contributed by atoms with van der Waals surface area (Å²) in [5.41, 5.74) is 3.62. The van der Waals surface area contributed by atoms with E-state index in [4.69, 9.17) is 0 Å². The maximum absolute atomic E-state index is 9.26. The number of piperidine rings is 1. The fraction of sp³-hybridized carbons (Fsp3) is 0.333. The van der Waals surface area contributed by atoms with Crippen molar-refractivity contribution in [2.45, 2.75) is 25.8 Å². The van der Waals surface area contributed by atoms with Gasteiger partial charge >= 0.3 is 0 Å². The molecular weight excluding hydrogens is 260 g/mol. The minimum absolute atomic E-state index is 0.298. The summed E-state index contributed by atoms with van der Waals surface area (Å²) in [5.74, 6) is 0.298. The van der Waals surface area contributed by atoms with Crippen LogP contribution < -0.4 is 10.2 Å². The Labute approximate surface area is 126 Å². The predicted molar refractivity (Wildman–Crippen MR) is 87.9 cm³/mol. The van der Waals surface area contributed by atoms with E-state index in [-0.39, 0.29) is 0 Å². The first-order valence-corrected chi connectivity index (χ1v) is 7.68.